The Morgan fingerprint density at radius 3 is 3.00 bits per heavy atom. The first-order valence-corrected chi connectivity index (χ1v) is 6.73. The van der Waals surface area contributed by atoms with Crippen molar-refractivity contribution in [1.82, 2.24) is 10.6 Å². The number of hydrogen-bond acceptors (Lipinski definition) is 3. The van der Waals surface area contributed by atoms with Gasteiger partial charge < -0.3 is 15.1 Å². The fourth-order valence-corrected chi connectivity index (χ4v) is 2.51. The van der Waals surface area contributed by atoms with Crippen molar-refractivity contribution in [3.8, 4) is 0 Å². The molecule has 1 saturated heterocycles. The average molecular weight is 250 g/mol. The predicted molar refractivity (Wildman–Crippen MR) is 70.7 cm³/mol. The van der Waals surface area contributed by atoms with Crippen molar-refractivity contribution in [2.45, 2.75) is 33.1 Å². The second-order valence-corrected chi connectivity index (χ2v) is 5.08. The van der Waals surface area contributed by atoms with Crippen LogP contribution >= 0.6 is 0 Å². The maximum Gasteiger partial charge on any atom is 0.254 e. The molecule has 1 aliphatic heterocycles. The van der Waals surface area contributed by atoms with Crippen molar-refractivity contribution in [2.75, 3.05) is 19.6 Å². The van der Waals surface area contributed by atoms with Crippen LogP contribution in [-0.4, -0.2) is 25.5 Å². The summed E-state index contributed by atoms with van der Waals surface area (Å²) in [5, 5.41) is 6.36. The average Bonchev–Trinajstić information content (AvgIpc) is 2.70. The molecule has 4 heteroatoms. The largest absolute Gasteiger partial charge is 0.466 e. The minimum absolute atomic E-state index is 0.0203. The number of hydrogen-bond donors (Lipinski definition) is 2. The third-order valence-corrected chi connectivity index (χ3v) is 3.52. The lowest BCUT2D eigenvalue weighted by Crippen LogP contribution is -2.33. The molecule has 0 saturated carbocycles. The first kappa shape index (κ1) is 13.1. The maximum absolute atomic E-state index is 11.9. The Morgan fingerprint density at radius 2 is 2.39 bits per heavy atom. The highest BCUT2D eigenvalue weighted by molar-refractivity contribution is 5.95. The van der Waals surface area contributed by atoms with Gasteiger partial charge in [0.25, 0.3) is 5.91 Å². The summed E-state index contributed by atoms with van der Waals surface area (Å²) in [7, 11) is 0. The fraction of sp³-hybridized carbons (Fsp3) is 0.643. The van der Waals surface area contributed by atoms with Crippen molar-refractivity contribution in [2.24, 2.45) is 5.92 Å². The van der Waals surface area contributed by atoms with Crippen LogP contribution < -0.4 is 10.6 Å². The van der Waals surface area contributed by atoms with Crippen LogP contribution in [0.25, 0.3) is 0 Å². The number of rotatable bonds is 4. The molecular weight excluding hydrogens is 228 g/mol. The molecule has 1 fully saturated rings. The molecule has 100 valence electrons. The molecule has 0 radical (unpaired) electrons. The van der Waals surface area contributed by atoms with E-state index in [0.717, 1.165) is 31.8 Å². The Kier molecular flexibility index (Phi) is 4.42. The van der Waals surface area contributed by atoms with Crippen molar-refractivity contribution >= 4 is 5.91 Å². The standard InChI is InChI=1S/C14H22N2O2/c1-10-8-13(11(2)18-10)14(17)16-7-5-12-4-3-6-15-9-12/h8,12,15H,3-7,9H2,1-2H3,(H,16,17). The van der Waals surface area contributed by atoms with Crippen LogP contribution in [0.3, 0.4) is 0 Å². The summed E-state index contributed by atoms with van der Waals surface area (Å²) in [5.41, 5.74) is 0.661. The lowest BCUT2D eigenvalue weighted by Gasteiger charge is -2.22. The molecule has 0 aromatic carbocycles. The van der Waals surface area contributed by atoms with E-state index in [9.17, 15) is 4.79 Å². The predicted octanol–water partition coefficient (Wildman–Crippen LogP) is 2.02. The van der Waals surface area contributed by atoms with Gasteiger partial charge in [-0.25, -0.2) is 0 Å². The third-order valence-electron chi connectivity index (χ3n) is 3.52. The molecule has 0 aliphatic carbocycles. The van der Waals surface area contributed by atoms with Crippen molar-refractivity contribution < 1.29 is 9.21 Å². The Balaban J connectivity index is 1.76. The van der Waals surface area contributed by atoms with E-state index in [4.69, 9.17) is 4.42 Å². The minimum atomic E-state index is -0.0203. The Morgan fingerprint density at radius 1 is 1.56 bits per heavy atom. The van der Waals surface area contributed by atoms with E-state index in [-0.39, 0.29) is 5.91 Å². The van der Waals surface area contributed by atoms with E-state index >= 15 is 0 Å². The zero-order valence-corrected chi connectivity index (χ0v) is 11.2. The second-order valence-electron chi connectivity index (χ2n) is 5.08. The Labute approximate surface area is 108 Å². The van der Waals surface area contributed by atoms with Gasteiger partial charge in [-0.15, -0.1) is 0 Å². The zero-order valence-electron chi connectivity index (χ0n) is 11.2. The second kappa shape index (κ2) is 6.05. The number of aryl methyl sites for hydroxylation is 2. The smallest absolute Gasteiger partial charge is 0.254 e. The van der Waals surface area contributed by atoms with Crippen LogP contribution in [0.15, 0.2) is 10.5 Å². The van der Waals surface area contributed by atoms with Gasteiger partial charge in [0, 0.05) is 6.54 Å². The van der Waals surface area contributed by atoms with Crippen LogP contribution in [0.4, 0.5) is 0 Å². The van der Waals surface area contributed by atoms with Gasteiger partial charge in [-0.1, -0.05) is 0 Å². The number of amides is 1. The first-order valence-electron chi connectivity index (χ1n) is 6.73. The highest BCUT2D eigenvalue weighted by Crippen LogP contribution is 2.15. The van der Waals surface area contributed by atoms with Crippen molar-refractivity contribution in [3.63, 3.8) is 0 Å². The lowest BCUT2D eigenvalue weighted by molar-refractivity contribution is 0.0949. The minimum Gasteiger partial charge on any atom is -0.466 e. The van der Waals surface area contributed by atoms with E-state index in [2.05, 4.69) is 10.6 Å². The summed E-state index contributed by atoms with van der Waals surface area (Å²) in [6, 6.07) is 1.80. The fourth-order valence-electron chi connectivity index (χ4n) is 2.51. The van der Waals surface area contributed by atoms with Gasteiger partial charge in [-0.3, -0.25) is 4.79 Å². The van der Waals surface area contributed by atoms with Crippen LogP contribution in [-0.2, 0) is 0 Å². The molecule has 1 amide bonds. The molecule has 0 bridgehead atoms. The molecule has 2 N–H and O–H groups in total. The molecular formula is C14H22N2O2. The number of furan rings is 1. The quantitative estimate of drug-likeness (QED) is 0.859. The van der Waals surface area contributed by atoms with Gasteiger partial charge in [0.2, 0.25) is 0 Å². The van der Waals surface area contributed by atoms with Gasteiger partial charge in [-0.2, -0.15) is 0 Å². The summed E-state index contributed by atoms with van der Waals surface area (Å²) in [5.74, 6) is 2.16. The van der Waals surface area contributed by atoms with Crippen LogP contribution in [0, 0.1) is 19.8 Å². The normalized spacial score (nSPS) is 19.8. The molecule has 1 atom stereocenters. The third kappa shape index (κ3) is 3.35. The van der Waals surface area contributed by atoms with Crippen LogP contribution in [0.1, 0.15) is 41.1 Å². The Bertz CT molecular complexity index is 406. The van der Waals surface area contributed by atoms with E-state index in [1.54, 1.807) is 6.07 Å². The summed E-state index contributed by atoms with van der Waals surface area (Å²) >= 11 is 0. The first-order chi connectivity index (χ1) is 8.66. The van der Waals surface area contributed by atoms with Gasteiger partial charge in [0.05, 0.1) is 5.56 Å². The molecule has 4 nitrogen and oxygen atoms in total. The highest BCUT2D eigenvalue weighted by Gasteiger charge is 2.15. The number of carbonyl (C=O) groups is 1. The SMILES string of the molecule is Cc1cc(C(=O)NCCC2CCCNC2)c(C)o1. The molecule has 1 unspecified atom stereocenters. The summed E-state index contributed by atoms with van der Waals surface area (Å²) in [6.07, 6.45) is 3.57. The summed E-state index contributed by atoms with van der Waals surface area (Å²) < 4.78 is 5.36. The molecule has 2 heterocycles. The topological polar surface area (TPSA) is 54.3 Å². The van der Waals surface area contributed by atoms with Gasteiger partial charge in [-0.05, 0) is 58.2 Å². The Hall–Kier alpha value is -1.29. The van der Waals surface area contributed by atoms with E-state index in [1.165, 1.54) is 12.8 Å². The highest BCUT2D eigenvalue weighted by atomic mass is 16.3. The molecule has 18 heavy (non-hydrogen) atoms. The summed E-state index contributed by atoms with van der Waals surface area (Å²) in [6.45, 7) is 6.65. The van der Waals surface area contributed by atoms with Crippen molar-refractivity contribution in [3.05, 3.63) is 23.2 Å². The molecule has 1 aliphatic rings. The van der Waals surface area contributed by atoms with Gasteiger partial charge in [0.15, 0.2) is 0 Å². The lowest BCUT2D eigenvalue weighted by atomic mass is 9.96. The van der Waals surface area contributed by atoms with Gasteiger partial charge >= 0.3 is 0 Å². The van der Waals surface area contributed by atoms with Gasteiger partial charge in [0.1, 0.15) is 11.5 Å². The molecule has 1 aromatic heterocycles. The number of nitrogens with one attached hydrogen (secondary N) is 2. The van der Waals surface area contributed by atoms with Crippen LogP contribution in [0.5, 0.6) is 0 Å². The van der Waals surface area contributed by atoms with E-state index < -0.39 is 0 Å². The molecule has 2 rings (SSSR count). The number of piperidine rings is 1. The van der Waals surface area contributed by atoms with Crippen molar-refractivity contribution in [1.29, 1.82) is 0 Å². The number of carbonyl (C=O) groups excluding carboxylic acids is 1. The van der Waals surface area contributed by atoms with E-state index in [1.807, 2.05) is 13.8 Å². The molecule has 0 spiro atoms. The monoisotopic (exact) mass is 250 g/mol. The van der Waals surface area contributed by atoms with E-state index in [0.29, 0.717) is 17.2 Å². The maximum atomic E-state index is 11.9. The van der Waals surface area contributed by atoms with Crippen LogP contribution in [0.2, 0.25) is 0 Å². The zero-order chi connectivity index (χ0) is 13.0. The molecule has 1 aromatic rings. The summed E-state index contributed by atoms with van der Waals surface area (Å²) in [4.78, 5) is 11.9.